The summed E-state index contributed by atoms with van der Waals surface area (Å²) in [6.07, 6.45) is 0.735. The first kappa shape index (κ1) is 13.4. The van der Waals surface area contributed by atoms with E-state index in [9.17, 15) is 14.7 Å². The van der Waals surface area contributed by atoms with Gasteiger partial charge in [-0.3, -0.25) is 9.69 Å². The summed E-state index contributed by atoms with van der Waals surface area (Å²) in [5.41, 5.74) is -0.414. The Balaban J connectivity index is 3.48. The van der Waals surface area contributed by atoms with Gasteiger partial charge in [-0.1, -0.05) is 11.6 Å². The van der Waals surface area contributed by atoms with Crippen molar-refractivity contribution in [3.8, 4) is 0 Å². The standard InChI is InChI=1S/C11H13ClN2O3/c1-11(2,3)14(10(16)17)8-7(6-15)4-5-13-9(8)12/h4-6H,1-3H3,(H,16,17). The highest BCUT2D eigenvalue weighted by Gasteiger charge is 2.31. The number of pyridine rings is 1. The minimum Gasteiger partial charge on any atom is -0.465 e. The van der Waals surface area contributed by atoms with Crippen LogP contribution in [-0.2, 0) is 0 Å². The van der Waals surface area contributed by atoms with Crippen molar-refractivity contribution in [3.63, 3.8) is 0 Å². The van der Waals surface area contributed by atoms with Gasteiger partial charge in [0, 0.05) is 17.3 Å². The van der Waals surface area contributed by atoms with Gasteiger partial charge in [0.2, 0.25) is 0 Å². The van der Waals surface area contributed by atoms with Crippen LogP contribution in [0, 0.1) is 0 Å². The molecular formula is C11H13ClN2O3. The number of carbonyl (C=O) groups is 2. The fourth-order valence-electron chi connectivity index (χ4n) is 1.48. The van der Waals surface area contributed by atoms with E-state index in [-0.39, 0.29) is 16.4 Å². The normalized spacial score (nSPS) is 11.1. The number of amides is 1. The summed E-state index contributed by atoms with van der Waals surface area (Å²) < 4.78 is 0. The maximum atomic E-state index is 11.3. The number of aromatic nitrogens is 1. The van der Waals surface area contributed by atoms with Gasteiger partial charge in [-0.25, -0.2) is 9.78 Å². The predicted molar refractivity (Wildman–Crippen MR) is 64.9 cm³/mol. The fourth-order valence-corrected chi connectivity index (χ4v) is 1.73. The average Bonchev–Trinajstić information content (AvgIpc) is 2.18. The van der Waals surface area contributed by atoms with E-state index in [0.717, 1.165) is 4.90 Å². The number of aldehydes is 1. The second-order valence-electron chi connectivity index (χ2n) is 4.45. The van der Waals surface area contributed by atoms with Crippen molar-refractivity contribution in [1.82, 2.24) is 4.98 Å². The molecule has 0 aliphatic rings. The summed E-state index contributed by atoms with van der Waals surface area (Å²) in [5.74, 6) is 0. The first-order valence-electron chi connectivity index (χ1n) is 4.92. The number of anilines is 1. The quantitative estimate of drug-likeness (QED) is 0.652. The largest absolute Gasteiger partial charge is 0.465 e. The third-order valence-electron chi connectivity index (χ3n) is 2.12. The number of hydrogen-bond acceptors (Lipinski definition) is 3. The maximum Gasteiger partial charge on any atom is 0.412 e. The third-order valence-corrected chi connectivity index (χ3v) is 2.40. The van der Waals surface area contributed by atoms with Crippen LogP contribution in [0.5, 0.6) is 0 Å². The Hall–Kier alpha value is -1.62. The molecule has 5 nitrogen and oxygen atoms in total. The second kappa shape index (κ2) is 4.71. The Morgan fingerprint density at radius 1 is 1.53 bits per heavy atom. The molecule has 0 atom stereocenters. The van der Waals surface area contributed by atoms with E-state index in [4.69, 9.17) is 11.6 Å². The van der Waals surface area contributed by atoms with E-state index >= 15 is 0 Å². The lowest BCUT2D eigenvalue weighted by atomic mass is 10.0. The van der Waals surface area contributed by atoms with Gasteiger partial charge in [0.25, 0.3) is 0 Å². The van der Waals surface area contributed by atoms with E-state index in [1.54, 1.807) is 20.8 Å². The van der Waals surface area contributed by atoms with E-state index in [2.05, 4.69) is 4.98 Å². The third kappa shape index (κ3) is 2.74. The molecule has 0 saturated carbocycles. The molecule has 0 aliphatic heterocycles. The monoisotopic (exact) mass is 256 g/mol. The molecule has 1 aromatic heterocycles. The van der Waals surface area contributed by atoms with Crippen LogP contribution in [0.15, 0.2) is 12.3 Å². The average molecular weight is 257 g/mol. The van der Waals surface area contributed by atoms with Gasteiger partial charge in [0.15, 0.2) is 11.4 Å². The summed E-state index contributed by atoms with van der Waals surface area (Å²) >= 11 is 5.88. The molecule has 92 valence electrons. The number of carbonyl (C=O) groups excluding carboxylic acids is 1. The Labute approximate surface area is 104 Å². The minimum atomic E-state index is -1.18. The van der Waals surface area contributed by atoms with Crippen LogP contribution in [0.4, 0.5) is 10.5 Å². The summed E-state index contributed by atoms with van der Waals surface area (Å²) in [4.78, 5) is 27.1. The molecular weight excluding hydrogens is 244 g/mol. The first-order chi connectivity index (χ1) is 7.79. The maximum absolute atomic E-state index is 11.3. The van der Waals surface area contributed by atoms with Gasteiger partial charge in [-0.05, 0) is 26.8 Å². The zero-order valence-electron chi connectivity index (χ0n) is 9.77. The molecule has 0 fully saturated rings. The van der Waals surface area contributed by atoms with Crippen LogP contribution in [0.1, 0.15) is 31.1 Å². The molecule has 1 rings (SSSR count). The van der Waals surface area contributed by atoms with E-state index in [1.807, 2.05) is 0 Å². The van der Waals surface area contributed by atoms with Crippen molar-refractivity contribution in [3.05, 3.63) is 23.0 Å². The molecule has 0 spiro atoms. The molecule has 6 heteroatoms. The van der Waals surface area contributed by atoms with Crippen molar-refractivity contribution in [1.29, 1.82) is 0 Å². The molecule has 0 saturated heterocycles. The Morgan fingerprint density at radius 3 is 2.53 bits per heavy atom. The van der Waals surface area contributed by atoms with Crippen molar-refractivity contribution < 1.29 is 14.7 Å². The van der Waals surface area contributed by atoms with Gasteiger partial charge in [-0.2, -0.15) is 0 Å². The second-order valence-corrected chi connectivity index (χ2v) is 4.80. The SMILES string of the molecule is CC(C)(C)N(C(=O)O)c1c(C=O)ccnc1Cl. The number of rotatable bonds is 2. The Kier molecular flexibility index (Phi) is 3.72. The molecule has 1 aromatic rings. The zero-order valence-corrected chi connectivity index (χ0v) is 10.5. The van der Waals surface area contributed by atoms with Crippen LogP contribution in [0.25, 0.3) is 0 Å². The van der Waals surface area contributed by atoms with Crippen molar-refractivity contribution >= 4 is 29.7 Å². The highest BCUT2D eigenvalue weighted by Crippen LogP contribution is 2.32. The van der Waals surface area contributed by atoms with Crippen LogP contribution < -0.4 is 4.90 Å². The molecule has 0 unspecified atom stereocenters. The van der Waals surface area contributed by atoms with Crippen LogP contribution in [0.3, 0.4) is 0 Å². The van der Waals surface area contributed by atoms with E-state index in [1.165, 1.54) is 12.3 Å². The Morgan fingerprint density at radius 2 is 2.12 bits per heavy atom. The molecule has 1 N–H and O–H groups in total. The fraction of sp³-hybridized carbons (Fsp3) is 0.364. The van der Waals surface area contributed by atoms with Gasteiger partial charge in [0.05, 0.1) is 5.69 Å². The predicted octanol–water partition coefficient (Wildman–Crippen LogP) is 2.83. The molecule has 0 bridgehead atoms. The highest BCUT2D eigenvalue weighted by atomic mass is 35.5. The van der Waals surface area contributed by atoms with Crippen molar-refractivity contribution in [2.75, 3.05) is 4.90 Å². The minimum absolute atomic E-state index is 0.00748. The lowest BCUT2D eigenvalue weighted by Crippen LogP contribution is -2.46. The summed E-state index contributed by atoms with van der Waals surface area (Å²) in [6.45, 7) is 5.12. The van der Waals surface area contributed by atoms with Gasteiger partial charge < -0.3 is 5.11 Å². The van der Waals surface area contributed by atoms with E-state index in [0.29, 0.717) is 6.29 Å². The van der Waals surface area contributed by atoms with Crippen LogP contribution in [-0.4, -0.2) is 28.0 Å². The smallest absolute Gasteiger partial charge is 0.412 e. The number of carboxylic acid groups (broad SMARTS) is 1. The lowest BCUT2D eigenvalue weighted by Gasteiger charge is -2.33. The Bertz CT molecular complexity index is 455. The molecule has 1 amide bonds. The van der Waals surface area contributed by atoms with E-state index < -0.39 is 11.6 Å². The van der Waals surface area contributed by atoms with Crippen molar-refractivity contribution in [2.24, 2.45) is 0 Å². The molecule has 17 heavy (non-hydrogen) atoms. The van der Waals surface area contributed by atoms with Gasteiger partial charge in [-0.15, -0.1) is 0 Å². The summed E-state index contributed by atoms with van der Waals surface area (Å²) in [7, 11) is 0. The highest BCUT2D eigenvalue weighted by molar-refractivity contribution is 6.33. The topological polar surface area (TPSA) is 70.5 Å². The summed E-state index contributed by atoms with van der Waals surface area (Å²) in [6, 6.07) is 1.43. The molecule has 0 aliphatic carbocycles. The first-order valence-corrected chi connectivity index (χ1v) is 5.29. The number of hydrogen-bond donors (Lipinski definition) is 1. The molecule has 0 aromatic carbocycles. The number of halogens is 1. The summed E-state index contributed by atoms with van der Waals surface area (Å²) in [5, 5.41) is 9.22. The molecule has 0 radical (unpaired) electrons. The van der Waals surface area contributed by atoms with Crippen LogP contribution in [0.2, 0.25) is 5.15 Å². The van der Waals surface area contributed by atoms with Gasteiger partial charge >= 0.3 is 6.09 Å². The zero-order chi connectivity index (χ0) is 13.2. The van der Waals surface area contributed by atoms with Crippen molar-refractivity contribution in [2.45, 2.75) is 26.3 Å². The van der Waals surface area contributed by atoms with Crippen LogP contribution >= 0.6 is 11.6 Å². The van der Waals surface area contributed by atoms with Gasteiger partial charge in [0.1, 0.15) is 0 Å². The lowest BCUT2D eigenvalue weighted by molar-refractivity contribution is 0.112. The molecule has 1 heterocycles. The number of nitrogens with zero attached hydrogens (tertiary/aromatic N) is 2.